The summed E-state index contributed by atoms with van der Waals surface area (Å²) in [5, 5.41) is 6.52. The minimum Gasteiger partial charge on any atom is -0.349 e. The van der Waals surface area contributed by atoms with E-state index in [0.29, 0.717) is 5.56 Å². The number of nitrogens with one attached hydrogen (secondary N) is 2. The van der Waals surface area contributed by atoms with Crippen molar-refractivity contribution in [3.05, 3.63) is 51.6 Å². The van der Waals surface area contributed by atoms with Crippen LogP contribution >= 0.6 is 15.9 Å². The van der Waals surface area contributed by atoms with Crippen molar-refractivity contribution in [1.29, 1.82) is 0 Å². The lowest BCUT2D eigenvalue weighted by molar-refractivity contribution is 0.0916. The van der Waals surface area contributed by atoms with Crippen LogP contribution in [0.2, 0.25) is 0 Å². The molecule has 1 saturated heterocycles. The summed E-state index contributed by atoms with van der Waals surface area (Å²) < 4.78 is 0.901. The van der Waals surface area contributed by atoms with Crippen LogP contribution in [0.25, 0.3) is 0 Å². The van der Waals surface area contributed by atoms with Gasteiger partial charge in [-0.15, -0.1) is 0 Å². The van der Waals surface area contributed by atoms with E-state index in [1.165, 1.54) is 0 Å². The third-order valence-corrected chi connectivity index (χ3v) is 5.47. The lowest BCUT2D eigenvalue weighted by atomic mass is 10.0. The van der Waals surface area contributed by atoms with E-state index in [1.807, 2.05) is 44.3 Å². The Bertz CT molecular complexity index is 800. The van der Waals surface area contributed by atoms with Crippen LogP contribution < -0.4 is 10.6 Å². The summed E-state index contributed by atoms with van der Waals surface area (Å²) in [5.41, 5.74) is 3.60. The zero-order valence-corrected chi connectivity index (χ0v) is 17.1. The van der Waals surface area contributed by atoms with E-state index in [4.69, 9.17) is 0 Å². The highest BCUT2D eigenvalue weighted by atomic mass is 79.9. The average molecular weight is 417 g/mol. The number of piperidine rings is 1. The zero-order valence-electron chi connectivity index (χ0n) is 15.5. The quantitative estimate of drug-likeness (QED) is 0.789. The maximum atomic E-state index is 12.8. The molecule has 0 atom stereocenters. The maximum absolute atomic E-state index is 12.8. The van der Waals surface area contributed by atoms with Crippen LogP contribution in [0.5, 0.6) is 0 Å². The van der Waals surface area contributed by atoms with Gasteiger partial charge in [0.1, 0.15) is 5.82 Å². The molecule has 0 radical (unpaired) electrons. The highest BCUT2D eigenvalue weighted by Crippen LogP contribution is 2.27. The molecule has 2 N–H and O–H groups in total. The monoisotopic (exact) mass is 416 g/mol. The number of rotatable bonds is 4. The van der Waals surface area contributed by atoms with Crippen molar-refractivity contribution < 1.29 is 4.79 Å². The fraction of sp³-hybridized carbons (Fsp3) is 0.400. The molecule has 2 aromatic rings. The van der Waals surface area contributed by atoms with Gasteiger partial charge >= 0.3 is 0 Å². The Morgan fingerprint density at radius 3 is 2.69 bits per heavy atom. The SMILES string of the molecule is Cc1cnc(Nc2cccc(C(=O)NC3CCN(C)CC3)c2C)c(Br)c1. The smallest absolute Gasteiger partial charge is 0.251 e. The number of pyridine rings is 1. The number of aromatic nitrogens is 1. The van der Waals surface area contributed by atoms with Gasteiger partial charge in [-0.25, -0.2) is 4.98 Å². The average Bonchev–Trinajstić information content (AvgIpc) is 2.61. The van der Waals surface area contributed by atoms with Crippen molar-refractivity contribution >= 4 is 33.3 Å². The molecule has 3 rings (SSSR count). The summed E-state index contributed by atoms with van der Waals surface area (Å²) in [4.78, 5) is 19.5. The molecule has 138 valence electrons. The minimum absolute atomic E-state index is 0.00312. The van der Waals surface area contributed by atoms with E-state index >= 15 is 0 Å². The molecular formula is C20H25BrN4O. The lowest BCUT2D eigenvalue weighted by Crippen LogP contribution is -2.43. The number of hydrogen-bond acceptors (Lipinski definition) is 4. The molecule has 1 aromatic carbocycles. The summed E-state index contributed by atoms with van der Waals surface area (Å²) in [6.07, 6.45) is 3.82. The van der Waals surface area contributed by atoms with Crippen molar-refractivity contribution in [2.45, 2.75) is 32.7 Å². The van der Waals surface area contributed by atoms with Crippen LogP contribution in [0, 0.1) is 13.8 Å². The molecule has 2 heterocycles. The van der Waals surface area contributed by atoms with Crippen LogP contribution in [0.15, 0.2) is 34.9 Å². The number of halogens is 1. The van der Waals surface area contributed by atoms with E-state index in [0.717, 1.165) is 53.0 Å². The van der Waals surface area contributed by atoms with Gasteiger partial charge in [0, 0.05) is 23.5 Å². The summed E-state index contributed by atoms with van der Waals surface area (Å²) >= 11 is 3.54. The number of carbonyl (C=O) groups excluding carboxylic acids is 1. The van der Waals surface area contributed by atoms with Gasteiger partial charge in [0.15, 0.2) is 0 Å². The predicted octanol–water partition coefficient (Wildman–Crippen LogP) is 4.03. The van der Waals surface area contributed by atoms with E-state index in [2.05, 4.69) is 43.5 Å². The minimum atomic E-state index is -0.00312. The van der Waals surface area contributed by atoms with Crippen LogP contribution in [-0.4, -0.2) is 42.0 Å². The molecule has 1 aliphatic heterocycles. The second-order valence-corrected chi connectivity index (χ2v) is 7.85. The standard InChI is InChI=1S/C20H25BrN4O/c1-13-11-17(21)19(22-12-13)24-18-6-4-5-16(14(18)2)20(26)23-15-7-9-25(3)10-8-15/h4-6,11-12,15H,7-10H2,1-3H3,(H,22,24)(H,23,26). The second kappa shape index (κ2) is 8.18. The molecule has 5 nitrogen and oxygen atoms in total. The fourth-order valence-corrected chi connectivity index (χ4v) is 3.75. The Hall–Kier alpha value is -1.92. The van der Waals surface area contributed by atoms with Gasteiger partial charge in [0.25, 0.3) is 5.91 Å². The van der Waals surface area contributed by atoms with Crippen molar-refractivity contribution in [3.8, 4) is 0 Å². The van der Waals surface area contributed by atoms with Crippen molar-refractivity contribution in [1.82, 2.24) is 15.2 Å². The first-order valence-corrected chi connectivity index (χ1v) is 9.71. The summed E-state index contributed by atoms with van der Waals surface area (Å²) in [7, 11) is 2.12. The Morgan fingerprint density at radius 2 is 2.00 bits per heavy atom. The van der Waals surface area contributed by atoms with Gasteiger partial charge in [-0.3, -0.25) is 4.79 Å². The number of benzene rings is 1. The molecule has 1 amide bonds. The third-order valence-electron chi connectivity index (χ3n) is 4.86. The molecule has 26 heavy (non-hydrogen) atoms. The van der Waals surface area contributed by atoms with Crippen LogP contribution in [0.1, 0.15) is 34.3 Å². The molecule has 0 aliphatic carbocycles. The van der Waals surface area contributed by atoms with Crippen LogP contribution in [-0.2, 0) is 0 Å². The Morgan fingerprint density at radius 1 is 1.27 bits per heavy atom. The number of hydrogen-bond donors (Lipinski definition) is 2. The number of aryl methyl sites for hydroxylation is 1. The second-order valence-electron chi connectivity index (χ2n) is 7.00. The highest BCUT2D eigenvalue weighted by Gasteiger charge is 2.20. The topological polar surface area (TPSA) is 57.3 Å². The number of amides is 1. The van der Waals surface area contributed by atoms with E-state index < -0.39 is 0 Å². The summed E-state index contributed by atoms with van der Waals surface area (Å²) in [6.45, 7) is 6.02. The molecule has 0 saturated carbocycles. The molecule has 1 aromatic heterocycles. The number of carbonyl (C=O) groups is 1. The molecule has 1 aliphatic rings. The molecule has 6 heteroatoms. The Labute approximate surface area is 163 Å². The lowest BCUT2D eigenvalue weighted by Gasteiger charge is -2.29. The maximum Gasteiger partial charge on any atom is 0.251 e. The van der Waals surface area contributed by atoms with Crippen LogP contribution in [0.4, 0.5) is 11.5 Å². The van der Waals surface area contributed by atoms with E-state index in [9.17, 15) is 4.79 Å². The van der Waals surface area contributed by atoms with Gasteiger partial charge in [0.2, 0.25) is 0 Å². The molecule has 1 fully saturated rings. The van der Waals surface area contributed by atoms with Gasteiger partial charge < -0.3 is 15.5 Å². The number of nitrogens with zero attached hydrogens (tertiary/aromatic N) is 2. The zero-order chi connectivity index (χ0) is 18.7. The Kier molecular flexibility index (Phi) is 5.94. The Balaban J connectivity index is 1.75. The van der Waals surface area contributed by atoms with Gasteiger partial charge in [0.05, 0.1) is 4.47 Å². The van der Waals surface area contributed by atoms with Crippen molar-refractivity contribution in [3.63, 3.8) is 0 Å². The molecule has 0 unspecified atom stereocenters. The number of anilines is 2. The normalized spacial score (nSPS) is 15.7. The van der Waals surface area contributed by atoms with Crippen molar-refractivity contribution in [2.75, 3.05) is 25.5 Å². The third kappa shape index (κ3) is 4.43. The van der Waals surface area contributed by atoms with E-state index in [1.54, 1.807) is 0 Å². The molecule has 0 spiro atoms. The first kappa shape index (κ1) is 18.9. The van der Waals surface area contributed by atoms with Gasteiger partial charge in [-0.05, 0) is 92.1 Å². The van der Waals surface area contributed by atoms with Crippen LogP contribution in [0.3, 0.4) is 0 Å². The molecular weight excluding hydrogens is 392 g/mol. The van der Waals surface area contributed by atoms with Crippen molar-refractivity contribution in [2.24, 2.45) is 0 Å². The fourth-order valence-electron chi connectivity index (χ4n) is 3.19. The van der Waals surface area contributed by atoms with Gasteiger partial charge in [-0.2, -0.15) is 0 Å². The summed E-state index contributed by atoms with van der Waals surface area (Å²) in [6, 6.07) is 8.02. The predicted molar refractivity (Wildman–Crippen MR) is 109 cm³/mol. The van der Waals surface area contributed by atoms with Gasteiger partial charge in [-0.1, -0.05) is 6.07 Å². The first-order chi connectivity index (χ1) is 12.4. The number of likely N-dealkylation sites (tertiary alicyclic amines) is 1. The first-order valence-electron chi connectivity index (χ1n) is 8.92. The highest BCUT2D eigenvalue weighted by molar-refractivity contribution is 9.10. The largest absolute Gasteiger partial charge is 0.349 e. The molecule has 0 bridgehead atoms. The van der Waals surface area contributed by atoms with E-state index in [-0.39, 0.29) is 11.9 Å². The summed E-state index contributed by atoms with van der Waals surface area (Å²) in [5.74, 6) is 0.739.